The van der Waals surface area contributed by atoms with E-state index in [-0.39, 0.29) is 17.9 Å². The van der Waals surface area contributed by atoms with Gasteiger partial charge in [0.2, 0.25) is 0 Å². The summed E-state index contributed by atoms with van der Waals surface area (Å²) in [5.41, 5.74) is 1.69. The Bertz CT molecular complexity index is 733. The lowest BCUT2D eigenvalue weighted by Crippen LogP contribution is -2.18. The monoisotopic (exact) mass is 317 g/mol. The summed E-state index contributed by atoms with van der Waals surface area (Å²) in [6.45, 7) is 7.08. The van der Waals surface area contributed by atoms with E-state index >= 15 is 0 Å². The summed E-state index contributed by atoms with van der Waals surface area (Å²) in [5, 5.41) is 15.0. The van der Waals surface area contributed by atoms with E-state index in [0.717, 1.165) is 5.56 Å². The van der Waals surface area contributed by atoms with E-state index in [2.05, 4.69) is 18.9 Å². The number of nitro groups is 1. The zero-order chi connectivity index (χ0) is 17.1. The van der Waals surface area contributed by atoms with Crippen LogP contribution in [-0.2, 0) is 11.3 Å². The maximum Gasteiger partial charge on any atom is 0.333 e. The average Bonchev–Trinajstić information content (AvgIpc) is 2.73. The fourth-order valence-electron chi connectivity index (χ4n) is 2.31. The van der Waals surface area contributed by atoms with Crippen LogP contribution >= 0.6 is 0 Å². The van der Waals surface area contributed by atoms with Crippen LogP contribution < -0.4 is 4.74 Å². The molecule has 0 radical (unpaired) electrons. The van der Waals surface area contributed by atoms with Crippen LogP contribution in [0.1, 0.15) is 36.7 Å². The second-order valence-corrected chi connectivity index (χ2v) is 5.63. The molecule has 7 heteroatoms. The Morgan fingerprint density at radius 1 is 1.30 bits per heavy atom. The van der Waals surface area contributed by atoms with Crippen molar-refractivity contribution in [3.63, 3.8) is 0 Å². The van der Waals surface area contributed by atoms with Crippen molar-refractivity contribution in [3.8, 4) is 5.75 Å². The second-order valence-electron chi connectivity index (χ2n) is 5.63. The van der Waals surface area contributed by atoms with E-state index in [9.17, 15) is 14.9 Å². The third kappa shape index (κ3) is 3.74. The third-order valence-electron chi connectivity index (χ3n) is 3.58. The van der Waals surface area contributed by atoms with Gasteiger partial charge in [-0.25, -0.2) is 4.79 Å². The van der Waals surface area contributed by atoms with Crippen LogP contribution in [0.3, 0.4) is 0 Å². The van der Waals surface area contributed by atoms with Crippen LogP contribution in [-0.4, -0.2) is 20.7 Å². The second kappa shape index (κ2) is 6.60. The van der Waals surface area contributed by atoms with E-state index in [1.807, 2.05) is 12.1 Å². The SMILES string of the molecule is Cc1nn(CC(=O)Oc2ccc(C(C)C)cc2)c(C)c1[N+](=O)[O-]. The summed E-state index contributed by atoms with van der Waals surface area (Å²) >= 11 is 0. The van der Waals surface area contributed by atoms with Crippen LogP contribution in [0.5, 0.6) is 5.75 Å². The van der Waals surface area contributed by atoms with Gasteiger partial charge in [0.15, 0.2) is 0 Å². The number of nitrogens with zero attached hydrogens (tertiary/aromatic N) is 3. The Hall–Kier alpha value is -2.70. The minimum absolute atomic E-state index is 0.0703. The fraction of sp³-hybridized carbons (Fsp3) is 0.375. The van der Waals surface area contributed by atoms with Crippen molar-refractivity contribution in [3.05, 3.63) is 51.3 Å². The Morgan fingerprint density at radius 3 is 2.39 bits per heavy atom. The molecule has 7 nitrogen and oxygen atoms in total. The van der Waals surface area contributed by atoms with Crippen LogP contribution in [0.15, 0.2) is 24.3 Å². The smallest absolute Gasteiger partial charge is 0.333 e. The first-order chi connectivity index (χ1) is 10.8. The van der Waals surface area contributed by atoms with Gasteiger partial charge in [0.25, 0.3) is 0 Å². The summed E-state index contributed by atoms with van der Waals surface area (Å²) in [4.78, 5) is 22.5. The molecule has 0 aliphatic carbocycles. The Morgan fingerprint density at radius 2 is 1.91 bits per heavy atom. The summed E-state index contributed by atoms with van der Waals surface area (Å²) in [7, 11) is 0. The molecule has 0 N–H and O–H groups in total. The number of aromatic nitrogens is 2. The van der Waals surface area contributed by atoms with Crippen molar-refractivity contribution in [2.45, 2.75) is 40.2 Å². The molecule has 23 heavy (non-hydrogen) atoms. The van der Waals surface area contributed by atoms with E-state index in [4.69, 9.17) is 4.74 Å². The zero-order valence-electron chi connectivity index (χ0n) is 13.6. The van der Waals surface area contributed by atoms with Gasteiger partial charge in [0.05, 0.1) is 4.92 Å². The molecule has 0 aliphatic heterocycles. The normalized spacial score (nSPS) is 10.8. The highest BCUT2D eigenvalue weighted by Crippen LogP contribution is 2.22. The maximum absolute atomic E-state index is 12.0. The van der Waals surface area contributed by atoms with E-state index in [0.29, 0.717) is 17.4 Å². The van der Waals surface area contributed by atoms with Crippen LogP contribution in [0.25, 0.3) is 0 Å². The van der Waals surface area contributed by atoms with Gasteiger partial charge in [-0.3, -0.25) is 14.8 Å². The molecule has 2 aromatic rings. The molecule has 0 aliphatic rings. The lowest BCUT2D eigenvalue weighted by molar-refractivity contribution is -0.386. The van der Waals surface area contributed by atoms with Crippen molar-refractivity contribution < 1.29 is 14.5 Å². The van der Waals surface area contributed by atoms with E-state index in [1.165, 1.54) is 11.6 Å². The number of benzene rings is 1. The molecule has 0 unspecified atom stereocenters. The van der Waals surface area contributed by atoms with Crippen molar-refractivity contribution in [1.29, 1.82) is 0 Å². The van der Waals surface area contributed by atoms with Gasteiger partial charge in [-0.05, 0) is 37.5 Å². The Balaban J connectivity index is 2.08. The highest BCUT2D eigenvalue weighted by molar-refractivity contribution is 5.72. The standard InChI is InChI=1S/C16H19N3O4/c1-10(2)13-5-7-14(8-6-13)23-15(20)9-18-12(4)16(19(21)22)11(3)17-18/h5-8,10H,9H2,1-4H3. The zero-order valence-corrected chi connectivity index (χ0v) is 13.6. The predicted octanol–water partition coefficient (Wildman–Crippen LogP) is 3.14. The molecule has 0 bridgehead atoms. The molecule has 1 aromatic carbocycles. The summed E-state index contributed by atoms with van der Waals surface area (Å²) in [6, 6.07) is 7.27. The number of rotatable bonds is 5. The molecule has 0 atom stereocenters. The highest BCUT2D eigenvalue weighted by atomic mass is 16.6. The number of aryl methyl sites for hydroxylation is 1. The Labute approximate surface area is 134 Å². The molecule has 2 rings (SSSR count). The van der Waals surface area contributed by atoms with Crippen molar-refractivity contribution in [2.75, 3.05) is 0 Å². The topological polar surface area (TPSA) is 87.3 Å². The lowest BCUT2D eigenvalue weighted by atomic mass is 10.0. The van der Waals surface area contributed by atoms with Crippen LogP contribution in [0.4, 0.5) is 5.69 Å². The largest absolute Gasteiger partial charge is 0.425 e. The molecule has 1 aromatic heterocycles. The van der Waals surface area contributed by atoms with Gasteiger partial charge >= 0.3 is 11.7 Å². The first-order valence-electron chi connectivity index (χ1n) is 7.28. The lowest BCUT2D eigenvalue weighted by Gasteiger charge is -2.08. The number of carbonyl (C=O) groups excluding carboxylic acids is 1. The summed E-state index contributed by atoms with van der Waals surface area (Å²) in [6.07, 6.45) is 0. The van der Waals surface area contributed by atoms with Gasteiger partial charge in [0.1, 0.15) is 23.7 Å². The summed E-state index contributed by atoms with van der Waals surface area (Å²) in [5.74, 6) is 0.313. The molecule has 0 fully saturated rings. The van der Waals surface area contributed by atoms with Crippen LogP contribution in [0, 0.1) is 24.0 Å². The maximum atomic E-state index is 12.0. The first kappa shape index (κ1) is 16.7. The number of hydrogen-bond acceptors (Lipinski definition) is 5. The first-order valence-corrected chi connectivity index (χ1v) is 7.28. The van der Waals surface area contributed by atoms with E-state index < -0.39 is 10.9 Å². The number of ether oxygens (including phenoxy) is 1. The molecule has 1 heterocycles. The number of hydrogen-bond donors (Lipinski definition) is 0. The van der Waals surface area contributed by atoms with Crippen LogP contribution in [0.2, 0.25) is 0 Å². The molecular formula is C16H19N3O4. The molecule has 0 saturated heterocycles. The summed E-state index contributed by atoms with van der Waals surface area (Å²) < 4.78 is 6.54. The average molecular weight is 317 g/mol. The van der Waals surface area contributed by atoms with Gasteiger partial charge in [0, 0.05) is 0 Å². The molecule has 0 spiro atoms. The highest BCUT2D eigenvalue weighted by Gasteiger charge is 2.23. The van der Waals surface area contributed by atoms with Gasteiger partial charge in [-0.15, -0.1) is 0 Å². The van der Waals surface area contributed by atoms with Gasteiger partial charge in [-0.2, -0.15) is 5.10 Å². The number of carbonyl (C=O) groups is 1. The van der Waals surface area contributed by atoms with Gasteiger partial charge < -0.3 is 4.74 Å². The Kier molecular flexibility index (Phi) is 4.78. The molecule has 0 amide bonds. The third-order valence-corrected chi connectivity index (χ3v) is 3.58. The number of esters is 1. The minimum atomic E-state index is -0.525. The molecule has 0 saturated carbocycles. The van der Waals surface area contributed by atoms with E-state index in [1.54, 1.807) is 19.1 Å². The molecular weight excluding hydrogens is 298 g/mol. The minimum Gasteiger partial charge on any atom is -0.425 e. The molecule has 122 valence electrons. The van der Waals surface area contributed by atoms with Crippen molar-refractivity contribution >= 4 is 11.7 Å². The fourth-order valence-corrected chi connectivity index (χ4v) is 2.31. The van der Waals surface area contributed by atoms with Gasteiger partial charge in [-0.1, -0.05) is 26.0 Å². The quantitative estimate of drug-likeness (QED) is 0.366. The van der Waals surface area contributed by atoms with Crippen molar-refractivity contribution in [2.24, 2.45) is 0 Å². The predicted molar refractivity (Wildman–Crippen MR) is 84.5 cm³/mol. The van der Waals surface area contributed by atoms with Crippen molar-refractivity contribution in [1.82, 2.24) is 9.78 Å².